The molecule has 1 aromatic carbocycles. The van der Waals surface area contributed by atoms with Gasteiger partial charge in [0.2, 0.25) is 0 Å². The zero-order valence-electron chi connectivity index (χ0n) is 9.59. The molecule has 1 N–H and O–H groups in total. The van der Waals surface area contributed by atoms with E-state index in [9.17, 15) is 4.39 Å². The Balaban J connectivity index is 2.35. The van der Waals surface area contributed by atoms with E-state index in [4.69, 9.17) is 0 Å². The highest BCUT2D eigenvalue weighted by molar-refractivity contribution is 9.10. The molecule has 0 spiro atoms. The van der Waals surface area contributed by atoms with Crippen molar-refractivity contribution in [2.45, 2.75) is 13.8 Å². The number of benzene rings is 1. The van der Waals surface area contributed by atoms with Crippen molar-refractivity contribution in [1.29, 1.82) is 0 Å². The van der Waals surface area contributed by atoms with Gasteiger partial charge in [-0.15, -0.1) is 0 Å². The first-order valence-electron chi connectivity index (χ1n) is 5.22. The normalized spacial score (nSPS) is 10.4. The van der Waals surface area contributed by atoms with Crippen molar-refractivity contribution in [3.05, 3.63) is 51.9 Å². The van der Waals surface area contributed by atoms with Crippen LogP contribution in [0.25, 0.3) is 0 Å². The van der Waals surface area contributed by atoms with Crippen molar-refractivity contribution < 1.29 is 4.39 Å². The maximum atomic E-state index is 13.7. The number of pyridine rings is 1. The van der Waals surface area contributed by atoms with E-state index in [2.05, 4.69) is 26.2 Å². The van der Waals surface area contributed by atoms with Gasteiger partial charge in [-0.2, -0.15) is 0 Å². The molecule has 0 aliphatic carbocycles. The highest BCUT2D eigenvalue weighted by atomic mass is 79.9. The fourth-order valence-electron chi connectivity index (χ4n) is 1.48. The first-order valence-corrected chi connectivity index (χ1v) is 6.01. The molecule has 0 saturated carbocycles. The van der Waals surface area contributed by atoms with Crippen LogP contribution in [0.5, 0.6) is 0 Å². The van der Waals surface area contributed by atoms with Gasteiger partial charge in [0, 0.05) is 6.20 Å². The Bertz CT molecular complexity index is 555. The minimum atomic E-state index is -0.278. The van der Waals surface area contributed by atoms with E-state index in [0.717, 1.165) is 15.6 Å². The number of hydrogen-bond acceptors (Lipinski definition) is 2. The van der Waals surface area contributed by atoms with Gasteiger partial charge in [-0.1, -0.05) is 6.07 Å². The number of halogens is 2. The lowest BCUT2D eigenvalue weighted by Crippen LogP contribution is -1.98. The van der Waals surface area contributed by atoms with E-state index in [1.807, 2.05) is 26.0 Å². The number of anilines is 2. The van der Waals surface area contributed by atoms with E-state index in [-0.39, 0.29) is 5.82 Å². The van der Waals surface area contributed by atoms with Gasteiger partial charge >= 0.3 is 0 Å². The second-order valence-electron chi connectivity index (χ2n) is 3.90. The largest absolute Gasteiger partial charge is 0.337 e. The maximum Gasteiger partial charge on any atom is 0.146 e. The summed E-state index contributed by atoms with van der Waals surface area (Å²) < 4.78 is 14.5. The first-order chi connectivity index (χ1) is 8.08. The average Bonchev–Trinajstić information content (AvgIpc) is 2.28. The van der Waals surface area contributed by atoms with Crippen LogP contribution in [0.15, 0.2) is 34.9 Å². The Kier molecular flexibility index (Phi) is 3.43. The number of aryl methyl sites for hydroxylation is 2. The van der Waals surface area contributed by atoms with Crippen LogP contribution in [0, 0.1) is 19.7 Å². The van der Waals surface area contributed by atoms with Gasteiger partial charge in [0.05, 0.1) is 10.2 Å². The molecular formula is C13H12BrFN2. The second kappa shape index (κ2) is 4.84. The monoisotopic (exact) mass is 294 g/mol. The Morgan fingerprint density at radius 1 is 1.24 bits per heavy atom. The van der Waals surface area contributed by atoms with Crippen LogP contribution < -0.4 is 5.32 Å². The van der Waals surface area contributed by atoms with Gasteiger partial charge < -0.3 is 5.32 Å². The molecule has 0 bridgehead atoms. The fraction of sp³-hybridized carbons (Fsp3) is 0.154. The van der Waals surface area contributed by atoms with E-state index in [1.54, 1.807) is 12.3 Å². The predicted molar refractivity (Wildman–Crippen MR) is 71.1 cm³/mol. The van der Waals surface area contributed by atoms with E-state index < -0.39 is 0 Å². The molecular weight excluding hydrogens is 283 g/mol. The summed E-state index contributed by atoms with van der Waals surface area (Å²) in [6.45, 7) is 3.82. The summed E-state index contributed by atoms with van der Waals surface area (Å²) in [6.07, 6.45) is 1.69. The zero-order valence-corrected chi connectivity index (χ0v) is 11.2. The molecule has 1 heterocycles. The van der Waals surface area contributed by atoms with Gasteiger partial charge in [0.15, 0.2) is 0 Å². The van der Waals surface area contributed by atoms with E-state index in [0.29, 0.717) is 11.5 Å². The molecule has 0 unspecified atom stereocenters. The number of aromatic nitrogens is 1. The molecule has 1 aromatic heterocycles. The molecule has 4 heteroatoms. The van der Waals surface area contributed by atoms with Crippen LogP contribution in [0.2, 0.25) is 0 Å². The summed E-state index contributed by atoms with van der Waals surface area (Å²) in [6, 6.07) is 6.95. The van der Waals surface area contributed by atoms with Crippen LogP contribution in [0.1, 0.15) is 11.1 Å². The third kappa shape index (κ3) is 2.64. The number of nitrogens with one attached hydrogen (secondary N) is 1. The van der Waals surface area contributed by atoms with Crippen LogP contribution >= 0.6 is 15.9 Å². The highest BCUT2D eigenvalue weighted by Crippen LogP contribution is 2.27. The standard InChI is InChI=1S/C13H12BrFN2/c1-8-3-4-11(10(15)7-8)17-13-12(14)9(2)5-6-16-13/h3-7H,1-2H3,(H,16,17). The predicted octanol–water partition coefficient (Wildman–Crippen LogP) is 4.34. The molecule has 2 aromatic rings. The van der Waals surface area contributed by atoms with Crippen molar-refractivity contribution in [3.8, 4) is 0 Å². The lowest BCUT2D eigenvalue weighted by atomic mass is 10.2. The SMILES string of the molecule is Cc1ccc(Nc2nccc(C)c2Br)c(F)c1. The van der Waals surface area contributed by atoms with Crippen molar-refractivity contribution in [3.63, 3.8) is 0 Å². The minimum Gasteiger partial charge on any atom is -0.337 e. The summed E-state index contributed by atoms with van der Waals surface area (Å²) >= 11 is 3.43. The van der Waals surface area contributed by atoms with Gasteiger partial charge in [-0.05, 0) is 59.1 Å². The molecule has 0 aliphatic heterocycles. The van der Waals surface area contributed by atoms with Gasteiger partial charge in [0.1, 0.15) is 11.6 Å². The Morgan fingerprint density at radius 2 is 2.00 bits per heavy atom. The maximum absolute atomic E-state index is 13.7. The minimum absolute atomic E-state index is 0.278. The smallest absolute Gasteiger partial charge is 0.146 e. The molecule has 0 radical (unpaired) electrons. The van der Waals surface area contributed by atoms with Crippen LogP contribution in [0.3, 0.4) is 0 Å². The molecule has 2 rings (SSSR count). The fourth-order valence-corrected chi connectivity index (χ4v) is 1.81. The number of rotatable bonds is 2. The van der Waals surface area contributed by atoms with Gasteiger partial charge in [0.25, 0.3) is 0 Å². The number of nitrogens with zero attached hydrogens (tertiary/aromatic N) is 1. The van der Waals surface area contributed by atoms with Gasteiger partial charge in [-0.3, -0.25) is 0 Å². The average molecular weight is 295 g/mol. The highest BCUT2D eigenvalue weighted by Gasteiger charge is 2.07. The third-order valence-corrected chi connectivity index (χ3v) is 3.46. The summed E-state index contributed by atoms with van der Waals surface area (Å²) in [4.78, 5) is 4.17. The van der Waals surface area contributed by atoms with Crippen LogP contribution in [-0.4, -0.2) is 4.98 Å². The van der Waals surface area contributed by atoms with Crippen molar-refractivity contribution in [2.75, 3.05) is 5.32 Å². The van der Waals surface area contributed by atoms with Crippen LogP contribution in [-0.2, 0) is 0 Å². The molecule has 0 saturated heterocycles. The number of hydrogen-bond donors (Lipinski definition) is 1. The van der Waals surface area contributed by atoms with E-state index >= 15 is 0 Å². The zero-order chi connectivity index (χ0) is 12.4. The topological polar surface area (TPSA) is 24.9 Å². The Hall–Kier alpha value is -1.42. The Labute approximate surface area is 108 Å². The van der Waals surface area contributed by atoms with Crippen molar-refractivity contribution in [1.82, 2.24) is 4.98 Å². The first kappa shape index (κ1) is 12.0. The van der Waals surface area contributed by atoms with Gasteiger partial charge in [-0.25, -0.2) is 9.37 Å². The molecule has 0 aliphatic rings. The quantitative estimate of drug-likeness (QED) is 0.891. The molecule has 0 fully saturated rings. The lowest BCUT2D eigenvalue weighted by Gasteiger charge is -2.10. The lowest BCUT2D eigenvalue weighted by molar-refractivity contribution is 0.630. The Morgan fingerprint density at radius 3 is 2.71 bits per heavy atom. The van der Waals surface area contributed by atoms with Crippen molar-refractivity contribution in [2.24, 2.45) is 0 Å². The summed E-state index contributed by atoms with van der Waals surface area (Å²) in [5.74, 6) is 0.341. The summed E-state index contributed by atoms with van der Waals surface area (Å²) in [7, 11) is 0. The summed E-state index contributed by atoms with van der Waals surface area (Å²) in [5.41, 5.74) is 2.37. The second-order valence-corrected chi connectivity index (χ2v) is 4.69. The molecule has 0 atom stereocenters. The molecule has 2 nitrogen and oxygen atoms in total. The molecule has 17 heavy (non-hydrogen) atoms. The van der Waals surface area contributed by atoms with Crippen molar-refractivity contribution >= 4 is 27.4 Å². The third-order valence-electron chi connectivity index (χ3n) is 2.46. The van der Waals surface area contributed by atoms with Crippen LogP contribution in [0.4, 0.5) is 15.9 Å². The molecule has 88 valence electrons. The molecule has 0 amide bonds. The summed E-state index contributed by atoms with van der Waals surface area (Å²) in [5, 5.41) is 2.98. The van der Waals surface area contributed by atoms with E-state index in [1.165, 1.54) is 6.07 Å².